The third kappa shape index (κ3) is 2.96. The van der Waals surface area contributed by atoms with E-state index >= 15 is 0 Å². The summed E-state index contributed by atoms with van der Waals surface area (Å²) in [5.41, 5.74) is 0.700. The molecule has 8 heteroatoms. The third-order valence-corrected chi connectivity index (χ3v) is 4.04. The Hall–Kier alpha value is -3.52. The van der Waals surface area contributed by atoms with Crippen molar-refractivity contribution in [2.24, 2.45) is 0 Å². The second-order valence-corrected chi connectivity index (χ2v) is 5.61. The third-order valence-electron chi connectivity index (χ3n) is 4.04. The zero-order chi connectivity index (χ0) is 19.0. The minimum absolute atomic E-state index is 0.00507. The zero-order valence-corrected chi connectivity index (χ0v) is 13.7. The van der Waals surface area contributed by atoms with E-state index in [4.69, 9.17) is 4.42 Å². The maximum absolute atomic E-state index is 12.9. The van der Waals surface area contributed by atoms with Crippen molar-refractivity contribution in [3.63, 3.8) is 0 Å². The summed E-state index contributed by atoms with van der Waals surface area (Å²) >= 11 is 0. The number of para-hydroxylation sites is 1. The van der Waals surface area contributed by atoms with E-state index in [1.165, 1.54) is 36.7 Å². The maximum Gasteiger partial charge on any atom is 0.387 e. The minimum atomic E-state index is -3.05. The van der Waals surface area contributed by atoms with E-state index in [9.17, 15) is 18.8 Å². The standard InChI is InChI=1S/C19H12F2N2O4/c20-19(21)27-15-6-5-13(18(24)23(25)11-7-9-22-10-8-11)16-12-3-1-2-4-14(12)26-17(15)16/h1-10,19,25H. The Balaban J connectivity index is 1.92. The summed E-state index contributed by atoms with van der Waals surface area (Å²) in [5, 5.41) is 11.6. The van der Waals surface area contributed by atoms with Crippen LogP contribution in [0.25, 0.3) is 21.9 Å². The monoisotopic (exact) mass is 370 g/mol. The number of hydroxylamine groups is 1. The van der Waals surface area contributed by atoms with Gasteiger partial charge in [-0.25, -0.2) is 0 Å². The molecule has 6 nitrogen and oxygen atoms in total. The fourth-order valence-corrected chi connectivity index (χ4v) is 2.89. The number of pyridine rings is 1. The number of carbonyl (C=O) groups excluding carboxylic acids is 1. The summed E-state index contributed by atoms with van der Waals surface area (Å²) in [4.78, 5) is 16.7. The fraction of sp³-hybridized carbons (Fsp3) is 0.0526. The number of rotatable bonds is 4. The molecule has 2 aromatic carbocycles. The first kappa shape index (κ1) is 16.9. The predicted molar refractivity (Wildman–Crippen MR) is 93.2 cm³/mol. The summed E-state index contributed by atoms with van der Waals surface area (Å²) in [5.74, 6) is -0.942. The summed E-state index contributed by atoms with van der Waals surface area (Å²) in [7, 11) is 0. The number of hydrogen-bond donors (Lipinski definition) is 1. The highest BCUT2D eigenvalue weighted by molar-refractivity contribution is 6.20. The number of hydrogen-bond acceptors (Lipinski definition) is 5. The number of carbonyl (C=O) groups is 1. The summed E-state index contributed by atoms with van der Waals surface area (Å²) < 4.78 is 35.6. The van der Waals surface area contributed by atoms with Gasteiger partial charge in [0.1, 0.15) is 5.58 Å². The Labute approximate surface area is 151 Å². The lowest BCUT2D eigenvalue weighted by molar-refractivity contribution is -0.0493. The molecule has 1 N–H and O–H groups in total. The number of fused-ring (bicyclic) bond motifs is 3. The molecule has 27 heavy (non-hydrogen) atoms. The van der Waals surface area contributed by atoms with Gasteiger partial charge in [0.05, 0.1) is 11.3 Å². The topological polar surface area (TPSA) is 75.8 Å². The van der Waals surface area contributed by atoms with Crippen LogP contribution in [0.5, 0.6) is 5.75 Å². The molecule has 4 rings (SSSR count). The maximum atomic E-state index is 12.9. The van der Waals surface area contributed by atoms with E-state index in [-0.39, 0.29) is 28.0 Å². The molecular formula is C19H12F2N2O4. The van der Waals surface area contributed by atoms with Crippen LogP contribution >= 0.6 is 0 Å². The molecule has 136 valence electrons. The highest BCUT2D eigenvalue weighted by Crippen LogP contribution is 2.38. The first-order valence-electron chi connectivity index (χ1n) is 7.88. The Morgan fingerprint density at radius 2 is 1.85 bits per heavy atom. The van der Waals surface area contributed by atoms with E-state index in [1.807, 2.05) is 0 Å². The van der Waals surface area contributed by atoms with Gasteiger partial charge in [0.25, 0.3) is 5.91 Å². The average Bonchev–Trinajstić information content (AvgIpc) is 3.08. The smallest absolute Gasteiger partial charge is 0.387 e. The van der Waals surface area contributed by atoms with Gasteiger partial charge in [0.15, 0.2) is 11.3 Å². The number of alkyl halides is 2. The Morgan fingerprint density at radius 1 is 1.11 bits per heavy atom. The lowest BCUT2D eigenvalue weighted by atomic mass is 10.0. The van der Waals surface area contributed by atoms with Gasteiger partial charge in [-0.15, -0.1) is 0 Å². The summed E-state index contributed by atoms with van der Waals surface area (Å²) in [6, 6.07) is 12.2. The van der Waals surface area contributed by atoms with Gasteiger partial charge < -0.3 is 9.15 Å². The van der Waals surface area contributed by atoms with Gasteiger partial charge in [-0.1, -0.05) is 18.2 Å². The number of halogens is 2. The highest BCUT2D eigenvalue weighted by Gasteiger charge is 2.24. The van der Waals surface area contributed by atoms with Crippen LogP contribution in [0.3, 0.4) is 0 Å². The molecule has 0 spiro atoms. The zero-order valence-electron chi connectivity index (χ0n) is 13.7. The van der Waals surface area contributed by atoms with Crippen molar-refractivity contribution >= 4 is 33.5 Å². The molecule has 0 aliphatic heterocycles. The highest BCUT2D eigenvalue weighted by atomic mass is 19.3. The molecule has 4 aromatic rings. The number of nitrogens with zero attached hydrogens (tertiary/aromatic N) is 2. The molecule has 0 unspecified atom stereocenters. The van der Waals surface area contributed by atoms with Crippen molar-refractivity contribution in [1.82, 2.24) is 4.98 Å². The van der Waals surface area contributed by atoms with E-state index < -0.39 is 12.5 Å². The van der Waals surface area contributed by atoms with Crippen LogP contribution in [0.15, 0.2) is 65.3 Å². The van der Waals surface area contributed by atoms with E-state index in [0.29, 0.717) is 16.0 Å². The van der Waals surface area contributed by atoms with Gasteiger partial charge >= 0.3 is 6.61 Å². The molecule has 2 aromatic heterocycles. The lowest BCUT2D eigenvalue weighted by Crippen LogP contribution is -2.27. The number of aromatic nitrogens is 1. The molecule has 0 aliphatic carbocycles. The van der Waals surface area contributed by atoms with Gasteiger partial charge in [0.2, 0.25) is 0 Å². The second kappa shape index (κ2) is 6.65. The Morgan fingerprint density at radius 3 is 2.59 bits per heavy atom. The van der Waals surface area contributed by atoms with Crippen LogP contribution < -0.4 is 9.80 Å². The Kier molecular flexibility index (Phi) is 4.17. The average molecular weight is 370 g/mol. The molecule has 0 aliphatic rings. The molecule has 0 radical (unpaired) electrons. The van der Waals surface area contributed by atoms with Crippen LogP contribution in [0.2, 0.25) is 0 Å². The van der Waals surface area contributed by atoms with E-state index in [2.05, 4.69) is 9.72 Å². The van der Waals surface area contributed by atoms with Crippen LogP contribution in [-0.2, 0) is 0 Å². The van der Waals surface area contributed by atoms with E-state index in [1.54, 1.807) is 24.3 Å². The quantitative estimate of drug-likeness (QED) is 0.419. The Bertz CT molecular complexity index is 1130. The van der Waals surface area contributed by atoms with Crippen molar-refractivity contribution in [2.45, 2.75) is 6.61 Å². The number of furan rings is 1. The van der Waals surface area contributed by atoms with Crippen molar-refractivity contribution < 1.29 is 27.9 Å². The van der Waals surface area contributed by atoms with Crippen molar-refractivity contribution in [2.75, 3.05) is 5.06 Å². The largest absolute Gasteiger partial charge is 0.452 e. The predicted octanol–water partition coefficient (Wildman–Crippen LogP) is 4.62. The second-order valence-electron chi connectivity index (χ2n) is 5.61. The number of ether oxygens (including phenoxy) is 1. The first-order chi connectivity index (χ1) is 13.1. The van der Waals surface area contributed by atoms with Crippen LogP contribution in [0.1, 0.15) is 10.4 Å². The molecule has 0 bridgehead atoms. The number of amides is 1. The summed E-state index contributed by atoms with van der Waals surface area (Å²) in [6.45, 7) is -3.05. The van der Waals surface area contributed by atoms with Gasteiger partial charge in [-0.05, 0) is 30.3 Å². The molecule has 0 saturated carbocycles. The summed E-state index contributed by atoms with van der Waals surface area (Å²) in [6.07, 6.45) is 2.85. The van der Waals surface area contributed by atoms with Crippen LogP contribution in [-0.4, -0.2) is 22.7 Å². The normalized spacial score (nSPS) is 11.3. The number of benzene rings is 2. The minimum Gasteiger partial charge on any atom is -0.452 e. The molecule has 1 amide bonds. The van der Waals surface area contributed by atoms with Crippen molar-refractivity contribution in [1.29, 1.82) is 0 Å². The van der Waals surface area contributed by atoms with Crippen LogP contribution in [0, 0.1) is 0 Å². The SMILES string of the molecule is O=C(c1ccc(OC(F)F)c2oc3ccccc3c12)N(O)c1ccncc1. The lowest BCUT2D eigenvalue weighted by Gasteiger charge is -2.15. The molecule has 0 saturated heterocycles. The molecule has 0 fully saturated rings. The van der Waals surface area contributed by atoms with Crippen molar-refractivity contribution in [3.05, 3.63) is 66.5 Å². The molecular weight excluding hydrogens is 358 g/mol. The van der Waals surface area contributed by atoms with Gasteiger partial charge in [-0.3, -0.25) is 15.0 Å². The van der Waals surface area contributed by atoms with Crippen LogP contribution in [0.4, 0.5) is 14.5 Å². The van der Waals surface area contributed by atoms with Crippen molar-refractivity contribution in [3.8, 4) is 5.75 Å². The first-order valence-corrected chi connectivity index (χ1v) is 7.88. The molecule has 0 atom stereocenters. The van der Waals surface area contributed by atoms with Gasteiger partial charge in [-0.2, -0.15) is 13.8 Å². The number of anilines is 1. The van der Waals surface area contributed by atoms with E-state index in [0.717, 1.165) is 0 Å². The fourth-order valence-electron chi connectivity index (χ4n) is 2.89. The van der Waals surface area contributed by atoms with Gasteiger partial charge in [0, 0.05) is 23.2 Å². The molecule has 2 heterocycles.